The van der Waals surface area contributed by atoms with Crippen LogP contribution in [0.1, 0.15) is 44.7 Å². The number of fused-ring (bicyclic) bond motifs is 2. The fourth-order valence-corrected chi connectivity index (χ4v) is 3.32. The Morgan fingerprint density at radius 1 is 1.40 bits per heavy atom. The van der Waals surface area contributed by atoms with Gasteiger partial charge in [-0.3, -0.25) is 4.79 Å². The van der Waals surface area contributed by atoms with Crippen LogP contribution in [0, 0.1) is 0 Å². The zero-order valence-corrected chi connectivity index (χ0v) is 12.1. The molecule has 2 heterocycles. The number of hydrogen-bond donors (Lipinski definition) is 2. The van der Waals surface area contributed by atoms with Gasteiger partial charge >= 0.3 is 0 Å². The number of carbonyl (C=O) groups is 1. The Bertz CT molecular complexity index is 503. The summed E-state index contributed by atoms with van der Waals surface area (Å²) in [5, 5.41) is 6.50. The van der Waals surface area contributed by atoms with E-state index in [1.165, 1.54) is 25.3 Å². The van der Waals surface area contributed by atoms with E-state index < -0.39 is 0 Å². The molecule has 3 rings (SSSR count). The van der Waals surface area contributed by atoms with E-state index in [1.807, 2.05) is 18.2 Å². The molecule has 0 radical (unpaired) electrons. The van der Waals surface area contributed by atoms with Crippen molar-refractivity contribution in [1.29, 1.82) is 0 Å². The minimum atomic E-state index is -0.0377. The average Bonchev–Trinajstić information content (AvgIpc) is 3.00. The van der Waals surface area contributed by atoms with Gasteiger partial charge in [0.25, 0.3) is 0 Å². The highest BCUT2D eigenvalue weighted by molar-refractivity contribution is 5.88. The van der Waals surface area contributed by atoms with Crippen molar-refractivity contribution >= 4 is 11.6 Å². The van der Waals surface area contributed by atoms with Crippen molar-refractivity contribution in [3.8, 4) is 0 Å². The third-order valence-corrected chi connectivity index (χ3v) is 4.28. The van der Waals surface area contributed by atoms with Crippen LogP contribution in [-0.4, -0.2) is 24.2 Å². The van der Waals surface area contributed by atoms with Crippen LogP contribution in [0.3, 0.4) is 0 Å². The van der Waals surface area contributed by atoms with E-state index in [4.69, 9.17) is 4.74 Å². The molecule has 20 heavy (non-hydrogen) atoms. The van der Waals surface area contributed by atoms with Gasteiger partial charge in [0.15, 0.2) is 0 Å². The summed E-state index contributed by atoms with van der Waals surface area (Å²) in [5.41, 5.74) is 2.05. The number of anilines is 1. The zero-order valence-electron chi connectivity index (χ0n) is 12.1. The normalized spacial score (nSPS) is 29.4. The summed E-state index contributed by atoms with van der Waals surface area (Å²) >= 11 is 0. The van der Waals surface area contributed by atoms with Crippen LogP contribution < -0.4 is 10.6 Å². The third-order valence-electron chi connectivity index (χ3n) is 4.28. The van der Waals surface area contributed by atoms with Gasteiger partial charge in [-0.15, -0.1) is 0 Å². The van der Waals surface area contributed by atoms with Gasteiger partial charge in [-0.05, 0) is 43.9 Å². The van der Waals surface area contributed by atoms with Crippen molar-refractivity contribution in [3.63, 3.8) is 0 Å². The van der Waals surface area contributed by atoms with Crippen LogP contribution >= 0.6 is 0 Å². The number of rotatable bonds is 4. The highest BCUT2D eigenvalue weighted by Gasteiger charge is 2.40. The number of ether oxygens (including phenoxy) is 1. The fourth-order valence-electron chi connectivity index (χ4n) is 3.32. The Balaban J connectivity index is 1.64. The Morgan fingerprint density at radius 2 is 2.25 bits per heavy atom. The number of amides is 1. The summed E-state index contributed by atoms with van der Waals surface area (Å²) in [6.45, 7) is 3.69. The summed E-state index contributed by atoms with van der Waals surface area (Å²) in [7, 11) is 0. The lowest BCUT2D eigenvalue weighted by molar-refractivity contribution is -0.114. The summed E-state index contributed by atoms with van der Waals surface area (Å²) in [6, 6.07) is 8.75. The average molecular weight is 274 g/mol. The molecule has 4 unspecified atom stereocenters. The van der Waals surface area contributed by atoms with Crippen molar-refractivity contribution in [2.24, 2.45) is 0 Å². The maximum Gasteiger partial charge on any atom is 0.221 e. The molecule has 4 nitrogen and oxygen atoms in total. The lowest BCUT2D eigenvalue weighted by Crippen LogP contribution is -2.39. The summed E-state index contributed by atoms with van der Waals surface area (Å²) in [4.78, 5) is 11.1. The van der Waals surface area contributed by atoms with Crippen LogP contribution in [0.5, 0.6) is 0 Å². The molecule has 2 fully saturated rings. The Labute approximate surface area is 119 Å². The molecule has 0 saturated carbocycles. The number of hydrogen-bond acceptors (Lipinski definition) is 3. The highest BCUT2D eigenvalue weighted by Crippen LogP contribution is 2.35. The van der Waals surface area contributed by atoms with Gasteiger partial charge in [0, 0.05) is 24.7 Å². The number of nitrogens with one attached hydrogen (secondary N) is 2. The second-order valence-corrected chi connectivity index (χ2v) is 5.91. The second-order valence-electron chi connectivity index (χ2n) is 5.91. The van der Waals surface area contributed by atoms with Gasteiger partial charge in [0.1, 0.15) is 0 Å². The minimum absolute atomic E-state index is 0.0377. The smallest absolute Gasteiger partial charge is 0.221 e. The monoisotopic (exact) mass is 274 g/mol. The molecule has 0 aliphatic carbocycles. The molecule has 1 aromatic rings. The fraction of sp³-hybridized carbons (Fsp3) is 0.562. The molecule has 0 spiro atoms. The van der Waals surface area contributed by atoms with Crippen LogP contribution in [0.25, 0.3) is 0 Å². The van der Waals surface area contributed by atoms with Gasteiger partial charge in [0.05, 0.1) is 12.2 Å². The van der Waals surface area contributed by atoms with Crippen LogP contribution in [0.4, 0.5) is 5.69 Å². The van der Waals surface area contributed by atoms with Crippen LogP contribution in [0.15, 0.2) is 24.3 Å². The first-order valence-corrected chi connectivity index (χ1v) is 7.41. The minimum Gasteiger partial charge on any atom is -0.373 e. The maximum atomic E-state index is 11.1. The van der Waals surface area contributed by atoms with E-state index in [-0.39, 0.29) is 11.9 Å². The number of carbonyl (C=O) groups excluding carboxylic acids is 1. The van der Waals surface area contributed by atoms with E-state index in [9.17, 15) is 4.79 Å². The van der Waals surface area contributed by atoms with Gasteiger partial charge in [-0.25, -0.2) is 0 Å². The first-order valence-electron chi connectivity index (χ1n) is 7.41. The van der Waals surface area contributed by atoms with E-state index in [1.54, 1.807) is 0 Å². The molecular formula is C16H22N2O2. The van der Waals surface area contributed by atoms with E-state index in [0.717, 1.165) is 12.1 Å². The van der Waals surface area contributed by atoms with E-state index >= 15 is 0 Å². The van der Waals surface area contributed by atoms with Crippen molar-refractivity contribution < 1.29 is 9.53 Å². The second kappa shape index (κ2) is 5.54. The third kappa shape index (κ3) is 2.86. The van der Waals surface area contributed by atoms with Crippen molar-refractivity contribution in [2.45, 2.75) is 57.4 Å². The van der Waals surface area contributed by atoms with Crippen molar-refractivity contribution in [2.75, 3.05) is 5.32 Å². The summed E-state index contributed by atoms with van der Waals surface area (Å²) in [6.07, 6.45) is 4.38. The summed E-state index contributed by atoms with van der Waals surface area (Å²) in [5.74, 6) is -0.0377. The quantitative estimate of drug-likeness (QED) is 0.887. The largest absolute Gasteiger partial charge is 0.373 e. The van der Waals surface area contributed by atoms with E-state index in [2.05, 4.69) is 23.6 Å². The van der Waals surface area contributed by atoms with Gasteiger partial charge < -0.3 is 15.4 Å². The molecule has 2 aliphatic rings. The summed E-state index contributed by atoms with van der Waals surface area (Å²) < 4.78 is 5.88. The van der Waals surface area contributed by atoms with Crippen LogP contribution in [0.2, 0.25) is 0 Å². The molecule has 1 aromatic carbocycles. The van der Waals surface area contributed by atoms with Crippen LogP contribution in [-0.2, 0) is 9.53 Å². The topological polar surface area (TPSA) is 50.4 Å². The Kier molecular flexibility index (Phi) is 3.76. The van der Waals surface area contributed by atoms with Gasteiger partial charge in [0.2, 0.25) is 5.91 Å². The molecule has 2 saturated heterocycles. The maximum absolute atomic E-state index is 11.1. The van der Waals surface area contributed by atoms with Crippen molar-refractivity contribution in [3.05, 3.63) is 29.8 Å². The van der Waals surface area contributed by atoms with E-state index in [0.29, 0.717) is 18.2 Å². The molecule has 2 aliphatic heterocycles. The predicted octanol–water partition coefficient (Wildman–Crippen LogP) is 2.62. The molecule has 2 N–H and O–H groups in total. The highest BCUT2D eigenvalue weighted by atomic mass is 16.5. The Hall–Kier alpha value is -1.39. The Morgan fingerprint density at radius 3 is 2.90 bits per heavy atom. The number of benzene rings is 1. The van der Waals surface area contributed by atoms with Gasteiger partial charge in [-0.1, -0.05) is 12.1 Å². The molecule has 1 amide bonds. The molecule has 4 heteroatoms. The SMILES string of the molecule is CC(=O)Nc1cccc(C(C)NC2CC3CCC2O3)c1. The molecule has 0 aromatic heterocycles. The van der Waals surface area contributed by atoms with Gasteiger partial charge in [-0.2, -0.15) is 0 Å². The first-order chi connectivity index (χ1) is 9.61. The molecule has 108 valence electrons. The zero-order chi connectivity index (χ0) is 14.1. The molecule has 2 bridgehead atoms. The lowest BCUT2D eigenvalue weighted by atomic mass is 9.94. The predicted molar refractivity (Wildman–Crippen MR) is 78.6 cm³/mol. The van der Waals surface area contributed by atoms with Crippen molar-refractivity contribution in [1.82, 2.24) is 5.32 Å². The standard InChI is InChI=1S/C16H22N2O2/c1-10(17-15-9-14-6-7-16(15)20-14)12-4-3-5-13(8-12)18-11(2)19/h3-5,8,10,14-17H,6-7,9H2,1-2H3,(H,18,19). The lowest BCUT2D eigenvalue weighted by Gasteiger charge is -2.25. The molecular weight excluding hydrogens is 252 g/mol. The first kappa shape index (κ1) is 13.6. The molecule has 4 atom stereocenters.